The Kier molecular flexibility index (Phi) is 7.03. The smallest absolute Gasteiger partial charge is 0.321 e. The molecule has 7 nitrogen and oxygen atoms in total. The third-order valence-electron chi connectivity index (χ3n) is 3.46. The predicted molar refractivity (Wildman–Crippen MR) is 92.2 cm³/mol. The van der Waals surface area contributed by atoms with E-state index in [2.05, 4.69) is 10.6 Å². The molecule has 7 heteroatoms. The van der Waals surface area contributed by atoms with Gasteiger partial charge < -0.3 is 19.4 Å². The molecule has 0 bridgehead atoms. The standard InChI is InChI=1S/C18H23N3O4/c1-3-24-15-8-6-14(7-9-15)12-21(2)13-17(22)20-18(23)19-11-16-5-4-10-25-16/h4-10H,3,11-13H2,1-2H3,(H2,19,20,22,23)/p+1. The summed E-state index contributed by atoms with van der Waals surface area (Å²) in [5.41, 5.74) is 1.09. The summed E-state index contributed by atoms with van der Waals surface area (Å²) in [6.45, 7) is 3.68. The molecule has 25 heavy (non-hydrogen) atoms. The average molecular weight is 346 g/mol. The summed E-state index contributed by atoms with van der Waals surface area (Å²) >= 11 is 0. The highest BCUT2D eigenvalue weighted by molar-refractivity contribution is 5.94. The molecule has 1 atom stereocenters. The average Bonchev–Trinajstić information content (AvgIpc) is 3.08. The van der Waals surface area contributed by atoms with Gasteiger partial charge in [-0.05, 0) is 43.3 Å². The van der Waals surface area contributed by atoms with E-state index >= 15 is 0 Å². The van der Waals surface area contributed by atoms with Crippen LogP contribution in [-0.2, 0) is 17.9 Å². The lowest BCUT2D eigenvalue weighted by molar-refractivity contribution is -0.885. The number of benzene rings is 1. The number of carbonyl (C=O) groups excluding carboxylic acids is 2. The van der Waals surface area contributed by atoms with Crippen LogP contribution in [0.3, 0.4) is 0 Å². The van der Waals surface area contributed by atoms with E-state index in [1.807, 2.05) is 38.2 Å². The quantitative estimate of drug-likeness (QED) is 0.657. The number of imide groups is 1. The fraction of sp³-hybridized carbons (Fsp3) is 0.333. The van der Waals surface area contributed by atoms with Gasteiger partial charge in [-0.2, -0.15) is 0 Å². The molecular formula is C18H24N3O4+. The van der Waals surface area contributed by atoms with Gasteiger partial charge in [-0.1, -0.05) is 0 Å². The Morgan fingerprint density at radius 3 is 2.60 bits per heavy atom. The van der Waals surface area contributed by atoms with Gasteiger partial charge in [-0.25, -0.2) is 4.79 Å². The van der Waals surface area contributed by atoms with Crippen LogP contribution in [0.15, 0.2) is 47.1 Å². The Labute approximate surface area is 146 Å². The lowest BCUT2D eigenvalue weighted by Gasteiger charge is -2.14. The molecule has 0 fully saturated rings. The van der Waals surface area contributed by atoms with Crippen molar-refractivity contribution < 1.29 is 23.6 Å². The Morgan fingerprint density at radius 1 is 1.20 bits per heavy atom. The lowest BCUT2D eigenvalue weighted by Crippen LogP contribution is -3.09. The molecule has 0 aliphatic heterocycles. The van der Waals surface area contributed by atoms with E-state index < -0.39 is 6.03 Å². The van der Waals surface area contributed by atoms with Crippen molar-refractivity contribution in [3.05, 3.63) is 54.0 Å². The van der Waals surface area contributed by atoms with Crippen LogP contribution in [0, 0.1) is 0 Å². The highest BCUT2D eigenvalue weighted by Gasteiger charge is 2.13. The molecule has 0 saturated heterocycles. The molecule has 1 aromatic heterocycles. The molecule has 134 valence electrons. The molecule has 1 heterocycles. The number of quaternary nitrogens is 1. The van der Waals surface area contributed by atoms with E-state index in [1.165, 1.54) is 6.26 Å². The van der Waals surface area contributed by atoms with Crippen molar-refractivity contribution in [1.29, 1.82) is 0 Å². The lowest BCUT2D eigenvalue weighted by atomic mass is 10.2. The predicted octanol–water partition coefficient (Wildman–Crippen LogP) is 0.719. The van der Waals surface area contributed by atoms with Gasteiger partial charge in [0.25, 0.3) is 5.91 Å². The molecule has 3 N–H and O–H groups in total. The van der Waals surface area contributed by atoms with Crippen molar-refractivity contribution in [3.63, 3.8) is 0 Å². The molecule has 2 aromatic rings. The van der Waals surface area contributed by atoms with Gasteiger partial charge in [0.2, 0.25) is 0 Å². The topological polar surface area (TPSA) is 85.0 Å². The van der Waals surface area contributed by atoms with E-state index in [4.69, 9.17) is 9.15 Å². The molecule has 1 aromatic carbocycles. The summed E-state index contributed by atoms with van der Waals surface area (Å²) in [5, 5.41) is 4.88. The second-order valence-electron chi connectivity index (χ2n) is 5.70. The highest BCUT2D eigenvalue weighted by atomic mass is 16.5. The minimum Gasteiger partial charge on any atom is -0.494 e. The fourth-order valence-electron chi connectivity index (χ4n) is 2.35. The number of nitrogens with one attached hydrogen (secondary N) is 3. The Hall–Kier alpha value is -2.80. The van der Waals surface area contributed by atoms with Gasteiger partial charge in [-0.3, -0.25) is 10.1 Å². The summed E-state index contributed by atoms with van der Waals surface area (Å²) in [7, 11) is 1.90. The number of likely N-dealkylation sites (N-methyl/N-ethyl adjacent to an activating group) is 1. The Morgan fingerprint density at radius 2 is 1.96 bits per heavy atom. The van der Waals surface area contributed by atoms with Gasteiger partial charge in [0.1, 0.15) is 18.1 Å². The van der Waals surface area contributed by atoms with Crippen molar-refractivity contribution >= 4 is 11.9 Å². The highest BCUT2D eigenvalue weighted by Crippen LogP contribution is 2.11. The first-order valence-corrected chi connectivity index (χ1v) is 8.20. The number of rotatable bonds is 8. The number of urea groups is 1. The monoisotopic (exact) mass is 346 g/mol. The number of hydrogen-bond acceptors (Lipinski definition) is 4. The van der Waals surface area contributed by atoms with Crippen LogP contribution in [0.1, 0.15) is 18.2 Å². The molecule has 0 saturated carbocycles. The number of furan rings is 1. The zero-order chi connectivity index (χ0) is 18.1. The van der Waals surface area contributed by atoms with Crippen molar-refractivity contribution in [2.24, 2.45) is 0 Å². The first-order chi connectivity index (χ1) is 12.1. The van der Waals surface area contributed by atoms with Gasteiger partial charge in [-0.15, -0.1) is 0 Å². The largest absolute Gasteiger partial charge is 0.494 e. The summed E-state index contributed by atoms with van der Waals surface area (Å²) in [6, 6.07) is 10.7. The minimum atomic E-state index is -0.532. The van der Waals surface area contributed by atoms with Crippen molar-refractivity contribution in [2.45, 2.75) is 20.0 Å². The number of amides is 3. The van der Waals surface area contributed by atoms with Crippen LogP contribution >= 0.6 is 0 Å². The second kappa shape index (κ2) is 9.48. The first kappa shape index (κ1) is 18.5. The van der Waals surface area contributed by atoms with Gasteiger partial charge in [0.15, 0.2) is 6.54 Å². The summed E-state index contributed by atoms with van der Waals surface area (Å²) in [6.07, 6.45) is 1.53. The van der Waals surface area contributed by atoms with Crippen molar-refractivity contribution in [1.82, 2.24) is 10.6 Å². The van der Waals surface area contributed by atoms with E-state index in [-0.39, 0.29) is 19.0 Å². The SMILES string of the molecule is CCOc1ccc(C[NH+](C)CC(=O)NC(=O)NCc2ccco2)cc1. The van der Waals surface area contributed by atoms with Crippen LogP contribution in [0.4, 0.5) is 4.79 Å². The maximum Gasteiger partial charge on any atom is 0.321 e. The van der Waals surface area contributed by atoms with Gasteiger partial charge >= 0.3 is 6.03 Å². The van der Waals surface area contributed by atoms with Crippen molar-refractivity contribution in [2.75, 3.05) is 20.2 Å². The van der Waals surface area contributed by atoms with E-state index in [1.54, 1.807) is 12.1 Å². The molecular weight excluding hydrogens is 322 g/mol. The van der Waals surface area contributed by atoms with E-state index in [0.717, 1.165) is 16.2 Å². The zero-order valence-corrected chi connectivity index (χ0v) is 14.5. The normalized spacial score (nSPS) is 11.6. The maximum atomic E-state index is 11.9. The number of ether oxygens (including phenoxy) is 1. The van der Waals surface area contributed by atoms with Crippen LogP contribution in [0.2, 0.25) is 0 Å². The molecule has 1 unspecified atom stereocenters. The van der Waals surface area contributed by atoms with E-state index in [9.17, 15) is 9.59 Å². The zero-order valence-electron chi connectivity index (χ0n) is 14.5. The van der Waals surface area contributed by atoms with Crippen LogP contribution in [-0.4, -0.2) is 32.1 Å². The van der Waals surface area contributed by atoms with Crippen LogP contribution in [0.5, 0.6) is 5.75 Å². The molecule has 0 spiro atoms. The fourth-order valence-corrected chi connectivity index (χ4v) is 2.35. The summed E-state index contributed by atoms with van der Waals surface area (Å²) < 4.78 is 10.5. The third kappa shape index (κ3) is 6.68. The molecule has 0 aliphatic rings. The second-order valence-corrected chi connectivity index (χ2v) is 5.70. The number of carbonyl (C=O) groups is 2. The Balaban J connectivity index is 1.70. The number of hydrogen-bond donors (Lipinski definition) is 3. The van der Waals surface area contributed by atoms with Gasteiger partial charge in [0, 0.05) is 5.56 Å². The third-order valence-corrected chi connectivity index (χ3v) is 3.46. The van der Waals surface area contributed by atoms with Crippen LogP contribution < -0.4 is 20.3 Å². The Bertz CT molecular complexity index is 668. The van der Waals surface area contributed by atoms with Crippen LogP contribution in [0.25, 0.3) is 0 Å². The summed E-state index contributed by atoms with van der Waals surface area (Å²) in [5.74, 6) is 1.12. The first-order valence-electron chi connectivity index (χ1n) is 8.20. The van der Waals surface area contributed by atoms with Crippen molar-refractivity contribution in [3.8, 4) is 5.75 Å². The maximum absolute atomic E-state index is 11.9. The minimum absolute atomic E-state index is 0.196. The summed E-state index contributed by atoms with van der Waals surface area (Å²) in [4.78, 5) is 24.6. The molecule has 2 rings (SSSR count). The van der Waals surface area contributed by atoms with Gasteiger partial charge in [0.05, 0.1) is 26.5 Å². The molecule has 0 aliphatic carbocycles. The van der Waals surface area contributed by atoms with E-state index in [0.29, 0.717) is 18.9 Å². The molecule has 0 radical (unpaired) electrons. The molecule has 3 amide bonds.